The van der Waals surface area contributed by atoms with Gasteiger partial charge in [0.05, 0.1) is 17.9 Å². The summed E-state index contributed by atoms with van der Waals surface area (Å²) in [5.74, 6) is 0.242. The fraction of sp³-hybridized carbons (Fsp3) is 0.211. The monoisotopic (exact) mass is 325 g/mol. The third-order valence-corrected chi connectivity index (χ3v) is 3.87. The molecular formula is C19H20FN3O. The molecule has 124 valence electrons. The average molecular weight is 325 g/mol. The lowest BCUT2D eigenvalue weighted by Gasteiger charge is -2.15. The Balaban J connectivity index is 1.79. The summed E-state index contributed by atoms with van der Waals surface area (Å²) in [5.41, 5.74) is 8.46. The van der Waals surface area contributed by atoms with Gasteiger partial charge in [0.15, 0.2) is 0 Å². The number of rotatable bonds is 6. The van der Waals surface area contributed by atoms with Crippen molar-refractivity contribution in [2.75, 3.05) is 0 Å². The van der Waals surface area contributed by atoms with Gasteiger partial charge in [-0.2, -0.15) is 0 Å². The summed E-state index contributed by atoms with van der Waals surface area (Å²) in [6, 6.07) is 16.3. The molecule has 0 saturated carbocycles. The van der Waals surface area contributed by atoms with Gasteiger partial charge >= 0.3 is 6.01 Å². The normalized spacial score (nSPS) is 12.1. The van der Waals surface area contributed by atoms with Crippen molar-refractivity contribution in [3.63, 3.8) is 0 Å². The van der Waals surface area contributed by atoms with E-state index in [0.29, 0.717) is 18.3 Å². The quantitative estimate of drug-likeness (QED) is 0.743. The summed E-state index contributed by atoms with van der Waals surface area (Å²) in [5, 5.41) is 0. The highest BCUT2D eigenvalue weighted by molar-refractivity contribution is 5.27. The summed E-state index contributed by atoms with van der Waals surface area (Å²) in [6.45, 7) is 2.70. The van der Waals surface area contributed by atoms with E-state index in [2.05, 4.69) is 17.1 Å². The number of benzene rings is 2. The summed E-state index contributed by atoms with van der Waals surface area (Å²) >= 11 is 0. The Morgan fingerprint density at radius 2 is 1.83 bits per heavy atom. The highest BCUT2D eigenvalue weighted by Gasteiger charge is 2.17. The number of nitrogens with two attached hydrogens (primary N) is 1. The Morgan fingerprint density at radius 1 is 1.12 bits per heavy atom. The van der Waals surface area contributed by atoms with Crippen LogP contribution in [0.25, 0.3) is 0 Å². The molecule has 4 nitrogen and oxygen atoms in total. The van der Waals surface area contributed by atoms with E-state index in [9.17, 15) is 4.39 Å². The van der Waals surface area contributed by atoms with E-state index in [0.717, 1.165) is 12.1 Å². The number of aromatic nitrogens is 2. The largest absolute Gasteiger partial charge is 0.426 e. The summed E-state index contributed by atoms with van der Waals surface area (Å²) in [4.78, 5) is 4.33. The zero-order valence-electron chi connectivity index (χ0n) is 13.5. The van der Waals surface area contributed by atoms with Crippen LogP contribution in [-0.4, -0.2) is 9.55 Å². The number of halogens is 1. The maximum Gasteiger partial charge on any atom is 0.302 e. The third-order valence-electron chi connectivity index (χ3n) is 3.87. The Bertz CT molecular complexity index is 784. The molecule has 3 aromatic rings. The number of hydrogen-bond acceptors (Lipinski definition) is 3. The molecule has 0 spiro atoms. The Morgan fingerprint density at radius 3 is 2.50 bits per heavy atom. The lowest BCUT2D eigenvalue weighted by Crippen LogP contribution is -2.18. The van der Waals surface area contributed by atoms with Crippen molar-refractivity contribution < 1.29 is 9.13 Å². The fourth-order valence-electron chi connectivity index (χ4n) is 2.65. The molecule has 1 heterocycles. The molecule has 1 unspecified atom stereocenters. The van der Waals surface area contributed by atoms with E-state index >= 15 is 0 Å². The van der Waals surface area contributed by atoms with Crippen LogP contribution in [0.5, 0.6) is 11.8 Å². The van der Waals surface area contributed by atoms with Crippen LogP contribution in [0.1, 0.15) is 24.2 Å². The molecule has 2 aromatic carbocycles. The Kier molecular flexibility index (Phi) is 4.91. The molecule has 3 rings (SSSR count). The minimum Gasteiger partial charge on any atom is -0.426 e. The van der Waals surface area contributed by atoms with Gasteiger partial charge in [-0.05, 0) is 43.2 Å². The number of ether oxygens (including phenoxy) is 1. The molecule has 0 fully saturated rings. The summed E-state index contributed by atoms with van der Waals surface area (Å²) in [7, 11) is 0. The van der Waals surface area contributed by atoms with Gasteiger partial charge in [0.1, 0.15) is 11.6 Å². The Hall–Kier alpha value is -2.66. The van der Waals surface area contributed by atoms with Crippen molar-refractivity contribution in [1.82, 2.24) is 9.55 Å². The molecular weight excluding hydrogens is 305 g/mol. The van der Waals surface area contributed by atoms with Crippen molar-refractivity contribution in [1.29, 1.82) is 0 Å². The maximum absolute atomic E-state index is 13.0. The van der Waals surface area contributed by atoms with Crippen LogP contribution in [0.4, 0.5) is 4.39 Å². The molecule has 2 N–H and O–H groups in total. The Labute approximate surface area is 140 Å². The van der Waals surface area contributed by atoms with Gasteiger partial charge in [0.2, 0.25) is 0 Å². The van der Waals surface area contributed by atoms with Gasteiger partial charge < -0.3 is 10.5 Å². The number of nitrogens with zero attached hydrogens (tertiary/aromatic N) is 2. The molecule has 0 amide bonds. The highest BCUT2D eigenvalue weighted by atomic mass is 19.1. The molecule has 0 aliphatic heterocycles. The van der Waals surface area contributed by atoms with Gasteiger partial charge in [-0.3, -0.25) is 4.57 Å². The van der Waals surface area contributed by atoms with Crippen molar-refractivity contribution in [3.8, 4) is 11.8 Å². The first-order valence-corrected chi connectivity index (χ1v) is 7.95. The summed E-state index contributed by atoms with van der Waals surface area (Å²) < 4.78 is 20.7. The van der Waals surface area contributed by atoms with Gasteiger partial charge in [-0.1, -0.05) is 30.3 Å². The molecule has 0 radical (unpaired) electrons. The first-order valence-electron chi connectivity index (χ1n) is 7.95. The van der Waals surface area contributed by atoms with Crippen LogP contribution >= 0.6 is 0 Å². The molecule has 0 saturated heterocycles. The maximum atomic E-state index is 13.0. The SMILES string of the molecule is CCn1c(C(N)Cc2ccccc2)cnc1Oc1ccc(F)cc1. The summed E-state index contributed by atoms with van der Waals surface area (Å²) in [6.07, 6.45) is 2.47. The first-order chi connectivity index (χ1) is 11.7. The van der Waals surface area contributed by atoms with Crippen LogP contribution in [0, 0.1) is 5.82 Å². The van der Waals surface area contributed by atoms with E-state index in [1.54, 1.807) is 18.3 Å². The third kappa shape index (κ3) is 3.63. The molecule has 24 heavy (non-hydrogen) atoms. The molecule has 0 bridgehead atoms. The average Bonchev–Trinajstić information content (AvgIpc) is 3.00. The lowest BCUT2D eigenvalue weighted by molar-refractivity contribution is 0.407. The van der Waals surface area contributed by atoms with Crippen LogP contribution in [0.15, 0.2) is 60.8 Å². The molecule has 5 heteroatoms. The molecule has 0 aliphatic carbocycles. The number of imidazole rings is 1. The van der Waals surface area contributed by atoms with Crippen molar-refractivity contribution in [3.05, 3.63) is 77.9 Å². The van der Waals surface area contributed by atoms with Crippen molar-refractivity contribution in [2.45, 2.75) is 25.9 Å². The fourth-order valence-corrected chi connectivity index (χ4v) is 2.65. The molecule has 1 atom stereocenters. The predicted octanol–water partition coefficient (Wildman–Crippen LogP) is 4.08. The first kappa shape index (κ1) is 16.2. The second-order valence-electron chi connectivity index (χ2n) is 5.56. The zero-order chi connectivity index (χ0) is 16.9. The highest BCUT2D eigenvalue weighted by Crippen LogP contribution is 2.25. The van der Waals surface area contributed by atoms with Gasteiger partial charge in [0.25, 0.3) is 0 Å². The van der Waals surface area contributed by atoms with Gasteiger partial charge in [-0.25, -0.2) is 9.37 Å². The topological polar surface area (TPSA) is 53.1 Å². The van der Waals surface area contributed by atoms with E-state index in [1.807, 2.05) is 29.7 Å². The van der Waals surface area contributed by atoms with Crippen molar-refractivity contribution >= 4 is 0 Å². The number of hydrogen-bond donors (Lipinski definition) is 1. The minimum absolute atomic E-state index is 0.176. The molecule has 0 aliphatic rings. The minimum atomic E-state index is -0.299. The van der Waals surface area contributed by atoms with Gasteiger partial charge in [-0.15, -0.1) is 0 Å². The van der Waals surface area contributed by atoms with E-state index in [1.165, 1.54) is 17.7 Å². The van der Waals surface area contributed by atoms with E-state index in [4.69, 9.17) is 10.5 Å². The van der Waals surface area contributed by atoms with Gasteiger partial charge in [0, 0.05) is 6.54 Å². The lowest BCUT2D eigenvalue weighted by atomic mass is 10.0. The van der Waals surface area contributed by atoms with Crippen LogP contribution in [0.3, 0.4) is 0 Å². The second kappa shape index (κ2) is 7.27. The van der Waals surface area contributed by atoms with E-state index in [-0.39, 0.29) is 11.9 Å². The van der Waals surface area contributed by atoms with E-state index < -0.39 is 0 Å². The molecule has 1 aromatic heterocycles. The zero-order valence-corrected chi connectivity index (χ0v) is 13.5. The van der Waals surface area contributed by atoms with Crippen LogP contribution < -0.4 is 10.5 Å². The predicted molar refractivity (Wildman–Crippen MR) is 91.4 cm³/mol. The standard InChI is InChI=1S/C19H20FN3O/c1-2-23-18(17(21)12-14-6-4-3-5-7-14)13-22-19(23)24-16-10-8-15(20)9-11-16/h3-11,13,17H,2,12,21H2,1H3. The van der Waals surface area contributed by atoms with Crippen molar-refractivity contribution in [2.24, 2.45) is 5.73 Å². The smallest absolute Gasteiger partial charge is 0.302 e. The van der Waals surface area contributed by atoms with Crippen LogP contribution in [0.2, 0.25) is 0 Å². The van der Waals surface area contributed by atoms with Crippen LogP contribution in [-0.2, 0) is 13.0 Å². The second-order valence-corrected chi connectivity index (χ2v) is 5.56.